The van der Waals surface area contributed by atoms with Crippen LogP contribution in [0.4, 0.5) is 5.13 Å². The Kier molecular flexibility index (Phi) is 3.92. The third-order valence-corrected chi connectivity index (χ3v) is 4.06. The van der Waals surface area contributed by atoms with Crippen molar-refractivity contribution in [2.45, 2.75) is 26.2 Å². The highest BCUT2D eigenvalue weighted by Crippen LogP contribution is 2.27. The molecule has 1 amide bonds. The standard InChI is InChI=1S/C14H15ClN2OS/c1-9-8-16-13(19-9)17-12(18)14(2,3)10-4-6-11(15)7-5-10/h4-8H,1-3H3,(H,16,17,18). The summed E-state index contributed by atoms with van der Waals surface area (Å²) in [5, 5.41) is 4.14. The van der Waals surface area contributed by atoms with Crippen molar-refractivity contribution in [2.75, 3.05) is 5.32 Å². The molecule has 0 fully saturated rings. The topological polar surface area (TPSA) is 42.0 Å². The first kappa shape index (κ1) is 14.0. The normalized spacial score (nSPS) is 11.4. The van der Waals surface area contributed by atoms with Gasteiger partial charge in [-0.15, -0.1) is 11.3 Å². The van der Waals surface area contributed by atoms with Gasteiger partial charge in [0.15, 0.2) is 5.13 Å². The van der Waals surface area contributed by atoms with Crippen LogP contribution in [0.1, 0.15) is 24.3 Å². The highest BCUT2D eigenvalue weighted by Gasteiger charge is 2.30. The Bertz CT molecular complexity index is 590. The first-order valence-corrected chi connectivity index (χ1v) is 7.09. The number of carbonyl (C=O) groups is 1. The zero-order valence-electron chi connectivity index (χ0n) is 11.0. The fourth-order valence-electron chi connectivity index (χ4n) is 1.66. The predicted octanol–water partition coefficient (Wildman–Crippen LogP) is 4.02. The van der Waals surface area contributed by atoms with Crippen LogP contribution in [0.2, 0.25) is 5.02 Å². The Hall–Kier alpha value is -1.39. The number of nitrogens with zero attached hydrogens (tertiary/aromatic N) is 1. The highest BCUT2D eigenvalue weighted by molar-refractivity contribution is 7.15. The molecule has 0 unspecified atom stereocenters. The number of thiazole rings is 1. The van der Waals surface area contributed by atoms with E-state index in [2.05, 4.69) is 10.3 Å². The quantitative estimate of drug-likeness (QED) is 0.929. The summed E-state index contributed by atoms with van der Waals surface area (Å²) >= 11 is 7.33. The number of amides is 1. The number of halogens is 1. The molecule has 1 N–H and O–H groups in total. The highest BCUT2D eigenvalue weighted by atomic mass is 35.5. The van der Waals surface area contributed by atoms with Gasteiger partial charge in [-0.1, -0.05) is 23.7 Å². The number of nitrogens with one attached hydrogen (secondary N) is 1. The van der Waals surface area contributed by atoms with Crippen LogP contribution in [0.25, 0.3) is 0 Å². The fraction of sp³-hybridized carbons (Fsp3) is 0.286. The van der Waals surface area contributed by atoms with Crippen molar-refractivity contribution in [1.29, 1.82) is 0 Å². The minimum Gasteiger partial charge on any atom is -0.301 e. The minimum atomic E-state index is -0.635. The second kappa shape index (κ2) is 5.31. The van der Waals surface area contributed by atoms with E-state index in [0.29, 0.717) is 10.2 Å². The molecule has 0 saturated carbocycles. The Morgan fingerprint density at radius 3 is 2.47 bits per heavy atom. The zero-order chi connectivity index (χ0) is 14.0. The number of hydrogen-bond donors (Lipinski definition) is 1. The maximum Gasteiger partial charge on any atom is 0.236 e. The van der Waals surface area contributed by atoms with Crippen LogP contribution in [0.3, 0.4) is 0 Å². The molecule has 2 rings (SSSR count). The van der Waals surface area contributed by atoms with Crippen LogP contribution in [0.5, 0.6) is 0 Å². The van der Waals surface area contributed by atoms with Gasteiger partial charge in [0.25, 0.3) is 0 Å². The molecule has 3 nitrogen and oxygen atoms in total. The van der Waals surface area contributed by atoms with Gasteiger partial charge >= 0.3 is 0 Å². The molecule has 5 heteroatoms. The number of aromatic nitrogens is 1. The SMILES string of the molecule is Cc1cnc(NC(=O)C(C)(C)c2ccc(Cl)cc2)s1. The average molecular weight is 295 g/mol. The Balaban J connectivity index is 2.19. The van der Waals surface area contributed by atoms with Crippen LogP contribution in [0, 0.1) is 6.92 Å². The van der Waals surface area contributed by atoms with Gasteiger partial charge in [0.05, 0.1) is 5.41 Å². The molecule has 1 aromatic carbocycles. The second-order valence-electron chi connectivity index (χ2n) is 4.86. The van der Waals surface area contributed by atoms with Crippen molar-refractivity contribution in [3.8, 4) is 0 Å². The second-order valence-corrected chi connectivity index (χ2v) is 6.53. The lowest BCUT2D eigenvalue weighted by Gasteiger charge is -2.23. The van der Waals surface area contributed by atoms with Gasteiger partial charge in [0, 0.05) is 16.1 Å². The number of aryl methyl sites for hydroxylation is 1. The van der Waals surface area contributed by atoms with Crippen LogP contribution in [0.15, 0.2) is 30.5 Å². The van der Waals surface area contributed by atoms with Crippen LogP contribution in [-0.4, -0.2) is 10.9 Å². The maximum absolute atomic E-state index is 12.4. The van der Waals surface area contributed by atoms with E-state index >= 15 is 0 Å². The summed E-state index contributed by atoms with van der Waals surface area (Å²) in [5.41, 5.74) is 0.284. The lowest BCUT2D eigenvalue weighted by Crippen LogP contribution is -2.34. The molecular weight excluding hydrogens is 280 g/mol. The third kappa shape index (κ3) is 3.14. The van der Waals surface area contributed by atoms with E-state index in [1.807, 2.05) is 32.9 Å². The fourth-order valence-corrected chi connectivity index (χ4v) is 2.45. The molecule has 2 aromatic rings. The Morgan fingerprint density at radius 2 is 1.95 bits per heavy atom. The average Bonchev–Trinajstić information content (AvgIpc) is 2.75. The Morgan fingerprint density at radius 1 is 1.32 bits per heavy atom. The van der Waals surface area contributed by atoms with Gasteiger partial charge in [-0.2, -0.15) is 0 Å². The van der Waals surface area contributed by atoms with Gasteiger partial charge in [0.2, 0.25) is 5.91 Å². The van der Waals surface area contributed by atoms with E-state index in [1.54, 1.807) is 18.3 Å². The van der Waals surface area contributed by atoms with Crippen molar-refractivity contribution in [1.82, 2.24) is 4.98 Å². The number of hydrogen-bond acceptors (Lipinski definition) is 3. The van der Waals surface area contributed by atoms with Crippen molar-refractivity contribution >= 4 is 34.0 Å². The molecule has 1 heterocycles. The first-order valence-electron chi connectivity index (χ1n) is 5.89. The van der Waals surface area contributed by atoms with Crippen LogP contribution < -0.4 is 5.32 Å². The molecule has 1 aromatic heterocycles. The number of anilines is 1. The van der Waals surface area contributed by atoms with Gasteiger partial charge < -0.3 is 5.32 Å². The summed E-state index contributed by atoms with van der Waals surface area (Å²) in [4.78, 5) is 17.6. The molecule has 0 aliphatic carbocycles. The summed E-state index contributed by atoms with van der Waals surface area (Å²) in [7, 11) is 0. The molecule has 0 saturated heterocycles. The van der Waals surface area contributed by atoms with Crippen molar-refractivity contribution in [3.63, 3.8) is 0 Å². The summed E-state index contributed by atoms with van der Waals surface area (Å²) in [6, 6.07) is 7.32. The number of rotatable bonds is 3. The number of benzene rings is 1. The van der Waals surface area contributed by atoms with Gasteiger partial charge in [-0.25, -0.2) is 4.98 Å². The van der Waals surface area contributed by atoms with E-state index in [4.69, 9.17) is 11.6 Å². The molecule has 0 radical (unpaired) electrons. The summed E-state index contributed by atoms with van der Waals surface area (Å²) in [6.45, 7) is 5.72. The van der Waals surface area contributed by atoms with Crippen molar-refractivity contribution in [3.05, 3.63) is 45.9 Å². The monoisotopic (exact) mass is 294 g/mol. The van der Waals surface area contributed by atoms with E-state index in [9.17, 15) is 4.79 Å². The van der Waals surface area contributed by atoms with E-state index in [1.165, 1.54) is 11.3 Å². The molecule has 0 bridgehead atoms. The maximum atomic E-state index is 12.4. The molecule has 19 heavy (non-hydrogen) atoms. The molecule has 0 spiro atoms. The summed E-state index contributed by atoms with van der Waals surface area (Å²) < 4.78 is 0. The lowest BCUT2D eigenvalue weighted by atomic mass is 9.84. The van der Waals surface area contributed by atoms with E-state index in [0.717, 1.165) is 10.4 Å². The Labute approximate surface area is 121 Å². The molecular formula is C14H15ClN2OS. The van der Waals surface area contributed by atoms with Gasteiger partial charge in [-0.3, -0.25) is 4.79 Å². The van der Waals surface area contributed by atoms with Crippen molar-refractivity contribution < 1.29 is 4.79 Å². The zero-order valence-corrected chi connectivity index (χ0v) is 12.6. The van der Waals surface area contributed by atoms with Gasteiger partial charge in [-0.05, 0) is 38.5 Å². The molecule has 0 aliphatic heterocycles. The summed E-state index contributed by atoms with van der Waals surface area (Å²) in [5.74, 6) is -0.0795. The minimum absolute atomic E-state index is 0.0795. The van der Waals surface area contributed by atoms with Gasteiger partial charge in [0.1, 0.15) is 0 Å². The summed E-state index contributed by atoms with van der Waals surface area (Å²) in [6.07, 6.45) is 1.75. The van der Waals surface area contributed by atoms with E-state index in [-0.39, 0.29) is 5.91 Å². The largest absolute Gasteiger partial charge is 0.301 e. The van der Waals surface area contributed by atoms with Crippen LogP contribution >= 0.6 is 22.9 Å². The van der Waals surface area contributed by atoms with Crippen molar-refractivity contribution in [2.24, 2.45) is 0 Å². The van der Waals surface area contributed by atoms with Crippen LogP contribution in [-0.2, 0) is 10.2 Å². The third-order valence-electron chi connectivity index (χ3n) is 2.98. The predicted molar refractivity (Wildman–Crippen MR) is 80.0 cm³/mol. The lowest BCUT2D eigenvalue weighted by molar-refractivity contribution is -0.120. The molecule has 100 valence electrons. The molecule has 0 aliphatic rings. The molecule has 0 atom stereocenters. The smallest absolute Gasteiger partial charge is 0.236 e. The number of carbonyl (C=O) groups excluding carboxylic acids is 1. The first-order chi connectivity index (χ1) is 8.89. The van der Waals surface area contributed by atoms with E-state index < -0.39 is 5.41 Å².